The molecule has 3 heteroatoms. The Bertz CT molecular complexity index is 405. The van der Waals surface area contributed by atoms with Gasteiger partial charge in [-0.15, -0.1) is 0 Å². The number of nitrogens with zero attached hydrogens (tertiary/aromatic N) is 1. The largest absolute Gasteiger partial charge is 0.385 e. The first-order valence-corrected chi connectivity index (χ1v) is 5.74. The van der Waals surface area contributed by atoms with Crippen LogP contribution >= 0.6 is 11.6 Å². The zero-order chi connectivity index (χ0) is 12.2. The minimum Gasteiger partial charge on any atom is -0.385 e. The maximum Gasteiger partial charge on any atom is 0.0684 e. The second-order valence-electron chi connectivity index (χ2n) is 4.58. The molecule has 0 bridgehead atoms. The summed E-state index contributed by atoms with van der Waals surface area (Å²) in [6, 6.07) is 8.09. The highest BCUT2D eigenvalue weighted by atomic mass is 35.5. The van der Waals surface area contributed by atoms with Gasteiger partial charge in [-0.25, -0.2) is 0 Å². The Balaban J connectivity index is 2.57. The maximum atomic E-state index is 8.89. The van der Waals surface area contributed by atoms with Gasteiger partial charge in [-0.05, 0) is 44.9 Å². The molecule has 2 nitrogen and oxygen atoms in total. The molecule has 0 aliphatic carbocycles. The van der Waals surface area contributed by atoms with Gasteiger partial charge in [0.05, 0.1) is 11.5 Å². The van der Waals surface area contributed by atoms with Gasteiger partial charge in [0.25, 0.3) is 0 Å². The summed E-state index contributed by atoms with van der Waals surface area (Å²) in [7, 11) is 0. The van der Waals surface area contributed by atoms with Gasteiger partial charge < -0.3 is 5.32 Å². The van der Waals surface area contributed by atoms with Crippen molar-refractivity contribution in [3.63, 3.8) is 0 Å². The Kier molecular flexibility index (Phi) is 4.20. The van der Waals surface area contributed by atoms with Crippen molar-refractivity contribution in [3.05, 3.63) is 28.8 Å². The minimum absolute atomic E-state index is 0.278. The summed E-state index contributed by atoms with van der Waals surface area (Å²) in [5.74, 6) is 0. The molecule has 1 aromatic rings. The number of nitrogens with one attached hydrogen (secondary N) is 1. The fourth-order valence-corrected chi connectivity index (χ4v) is 1.54. The van der Waals surface area contributed by atoms with Crippen LogP contribution in [0.4, 0.5) is 5.69 Å². The van der Waals surface area contributed by atoms with Crippen molar-refractivity contribution in [3.8, 4) is 6.07 Å². The first-order chi connectivity index (χ1) is 7.46. The predicted octanol–water partition coefficient (Wildman–Crippen LogP) is 4.00. The van der Waals surface area contributed by atoms with Gasteiger partial charge in [-0.1, -0.05) is 17.7 Å². The Labute approximate surface area is 102 Å². The molecule has 0 spiro atoms. The second-order valence-corrected chi connectivity index (χ2v) is 4.99. The van der Waals surface area contributed by atoms with Crippen LogP contribution in [0.1, 0.15) is 25.8 Å². The van der Waals surface area contributed by atoms with E-state index in [1.807, 2.05) is 39.0 Å². The van der Waals surface area contributed by atoms with E-state index >= 15 is 0 Å². The summed E-state index contributed by atoms with van der Waals surface area (Å²) in [6.45, 7) is 6.65. The number of hydrogen-bond donors (Lipinski definition) is 1. The quantitative estimate of drug-likeness (QED) is 0.858. The third-order valence-electron chi connectivity index (χ3n) is 2.64. The van der Waals surface area contributed by atoms with E-state index in [2.05, 4.69) is 11.4 Å². The molecule has 1 rings (SSSR count). The average Bonchev–Trinajstić information content (AvgIpc) is 2.24. The van der Waals surface area contributed by atoms with Crippen molar-refractivity contribution in [1.29, 1.82) is 5.26 Å². The normalized spacial score (nSPS) is 10.9. The highest BCUT2D eigenvalue weighted by Crippen LogP contribution is 2.24. The summed E-state index contributed by atoms with van der Waals surface area (Å²) < 4.78 is 0. The Morgan fingerprint density at radius 1 is 1.44 bits per heavy atom. The molecule has 0 aromatic heterocycles. The van der Waals surface area contributed by atoms with E-state index in [1.165, 1.54) is 0 Å². The Morgan fingerprint density at radius 3 is 2.75 bits per heavy atom. The molecule has 0 radical (unpaired) electrons. The number of halogens is 1. The first-order valence-electron chi connectivity index (χ1n) is 5.36. The van der Waals surface area contributed by atoms with Crippen molar-refractivity contribution in [2.75, 3.05) is 11.9 Å². The van der Waals surface area contributed by atoms with Crippen LogP contribution < -0.4 is 5.32 Å². The summed E-state index contributed by atoms with van der Waals surface area (Å²) in [4.78, 5) is 0. The molecular formula is C13H17ClN2. The molecule has 0 saturated carbocycles. The fourth-order valence-electron chi connectivity index (χ4n) is 1.36. The van der Waals surface area contributed by atoms with Gasteiger partial charge in [0, 0.05) is 17.3 Å². The SMILES string of the molecule is Cc1c(Cl)cccc1NCCC(C)(C)C#N. The van der Waals surface area contributed by atoms with Crippen molar-refractivity contribution in [2.24, 2.45) is 5.41 Å². The third kappa shape index (κ3) is 3.43. The Hall–Kier alpha value is -1.20. The highest BCUT2D eigenvalue weighted by Gasteiger charge is 2.15. The van der Waals surface area contributed by atoms with Gasteiger partial charge >= 0.3 is 0 Å². The van der Waals surface area contributed by atoms with Crippen molar-refractivity contribution in [2.45, 2.75) is 27.2 Å². The van der Waals surface area contributed by atoms with Crippen LogP contribution in [0.5, 0.6) is 0 Å². The highest BCUT2D eigenvalue weighted by molar-refractivity contribution is 6.31. The van der Waals surface area contributed by atoms with Gasteiger partial charge in [0.1, 0.15) is 0 Å². The maximum absolute atomic E-state index is 8.89. The monoisotopic (exact) mass is 236 g/mol. The van der Waals surface area contributed by atoms with Crippen LogP contribution in [-0.2, 0) is 0 Å². The standard InChI is InChI=1S/C13H17ClN2/c1-10-11(14)5-4-6-12(10)16-8-7-13(2,3)9-15/h4-6,16H,7-8H2,1-3H3. The van der Waals surface area contributed by atoms with E-state index in [0.29, 0.717) is 0 Å². The zero-order valence-electron chi connectivity index (χ0n) is 9.97. The van der Waals surface area contributed by atoms with E-state index in [9.17, 15) is 0 Å². The first kappa shape index (κ1) is 12.9. The molecular weight excluding hydrogens is 220 g/mol. The second kappa shape index (κ2) is 5.23. The van der Waals surface area contributed by atoms with Gasteiger partial charge in [0.2, 0.25) is 0 Å². The molecule has 86 valence electrons. The van der Waals surface area contributed by atoms with E-state index in [0.717, 1.165) is 29.2 Å². The average molecular weight is 237 g/mol. The van der Waals surface area contributed by atoms with Crippen LogP contribution in [0.2, 0.25) is 5.02 Å². The van der Waals surface area contributed by atoms with Crippen LogP contribution in [0.15, 0.2) is 18.2 Å². The van der Waals surface area contributed by atoms with Crippen LogP contribution in [0, 0.1) is 23.7 Å². The molecule has 0 heterocycles. The molecule has 0 atom stereocenters. The molecule has 16 heavy (non-hydrogen) atoms. The molecule has 0 unspecified atom stereocenters. The van der Waals surface area contributed by atoms with Gasteiger partial charge in [-0.3, -0.25) is 0 Å². The minimum atomic E-state index is -0.278. The number of benzene rings is 1. The lowest BCUT2D eigenvalue weighted by Crippen LogP contribution is -2.15. The molecule has 0 saturated heterocycles. The molecule has 1 aromatic carbocycles. The topological polar surface area (TPSA) is 35.8 Å². The predicted molar refractivity (Wildman–Crippen MR) is 68.7 cm³/mol. The zero-order valence-corrected chi connectivity index (χ0v) is 10.7. The van der Waals surface area contributed by atoms with Crippen molar-refractivity contribution >= 4 is 17.3 Å². The lowest BCUT2D eigenvalue weighted by molar-refractivity contribution is 0.466. The van der Waals surface area contributed by atoms with E-state index < -0.39 is 0 Å². The summed E-state index contributed by atoms with van der Waals surface area (Å²) in [5.41, 5.74) is 1.82. The van der Waals surface area contributed by atoms with Crippen LogP contribution in [-0.4, -0.2) is 6.54 Å². The summed E-state index contributed by atoms with van der Waals surface area (Å²) >= 11 is 6.02. The summed E-state index contributed by atoms with van der Waals surface area (Å²) in [6.07, 6.45) is 0.815. The lowest BCUT2D eigenvalue weighted by atomic mass is 9.91. The van der Waals surface area contributed by atoms with Gasteiger partial charge in [0.15, 0.2) is 0 Å². The van der Waals surface area contributed by atoms with Crippen molar-refractivity contribution < 1.29 is 0 Å². The Morgan fingerprint density at radius 2 is 2.12 bits per heavy atom. The van der Waals surface area contributed by atoms with E-state index in [-0.39, 0.29) is 5.41 Å². The fraction of sp³-hybridized carbons (Fsp3) is 0.462. The third-order valence-corrected chi connectivity index (χ3v) is 3.05. The number of anilines is 1. The molecule has 1 N–H and O–H groups in total. The van der Waals surface area contributed by atoms with Crippen LogP contribution in [0.3, 0.4) is 0 Å². The lowest BCUT2D eigenvalue weighted by Gasteiger charge is -2.16. The number of hydrogen-bond acceptors (Lipinski definition) is 2. The molecule has 0 aliphatic heterocycles. The van der Waals surface area contributed by atoms with Crippen LogP contribution in [0.25, 0.3) is 0 Å². The molecule has 0 amide bonds. The van der Waals surface area contributed by atoms with Gasteiger partial charge in [-0.2, -0.15) is 5.26 Å². The summed E-state index contributed by atoms with van der Waals surface area (Å²) in [5, 5.41) is 13.0. The molecule has 0 fully saturated rings. The number of rotatable bonds is 4. The number of nitriles is 1. The van der Waals surface area contributed by atoms with Crippen molar-refractivity contribution in [1.82, 2.24) is 0 Å². The van der Waals surface area contributed by atoms with E-state index in [4.69, 9.17) is 16.9 Å². The van der Waals surface area contributed by atoms with E-state index in [1.54, 1.807) is 0 Å². The molecule has 0 aliphatic rings. The smallest absolute Gasteiger partial charge is 0.0684 e.